The fourth-order valence-electron chi connectivity index (χ4n) is 2.21. The Labute approximate surface area is 111 Å². The molecule has 5 heteroatoms. The van der Waals surface area contributed by atoms with E-state index >= 15 is 0 Å². The molecule has 1 fully saturated rings. The number of benzene rings is 1. The summed E-state index contributed by atoms with van der Waals surface area (Å²) in [5.41, 5.74) is -0.590. The Morgan fingerprint density at radius 2 is 2.05 bits per heavy atom. The maximum absolute atomic E-state index is 12.1. The Morgan fingerprint density at radius 3 is 2.63 bits per heavy atom. The molecule has 1 unspecified atom stereocenters. The Balaban J connectivity index is 2.02. The fraction of sp³-hybridized carbons (Fsp3) is 0.429. The predicted octanol–water partition coefficient (Wildman–Crippen LogP) is 1.18. The predicted molar refractivity (Wildman–Crippen MR) is 68.4 cm³/mol. The molecule has 1 aromatic carbocycles. The molecule has 0 bridgehead atoms. The molecular weight excluding hydrogens is 246 g/mol. The third-order valence-electron chi connectivity index (χ3n) is 3.40. The molecule has 0 aliphatic carbocycles. The first-order valence-corrected chi connectivity index (χ1v) is 6.30. The van der Waals surface area contributed by atoms with Crippen molar-refractivity contribution < 1.29 is 19.4 Å². The largest absolute Gasteiger partial charge is 0.480 e. The van der Waals surface area contributed by atoms with Gasteiger partial charge in [-0.25, -0.2) is 0 Å². The molecule has 0 amide bonds. The minimum absolute atomic E-state index is 0.106. The Morgan fingerprint density at radius 1 is 1.32 bits per heavy atom. The smallest absolute Gasteiger partial charge is 0.325 e. The van der Waals surface area contributed by atoms with Crippen molar-refractivity contribution in [3.63, 3.8) is 0 Å². The van der Waals surface area contributed by atoms with Gasteiger partial charge in [0.05, 0.1) is 0 Å². The summed E-state index contributed by atoms with van der Waals surface area (Å²) < 4.78 is 5.17. The number of rotatable bonds is 4. The molecule has 102 valence electrons. The van der Waals surface area contributed by atoms with E-state index in [1.165, 1.54) is 0 Å². The van der Waals surface area contributed by atoms with Crippen molar-refractivity contribution in [2.75, 3.05) is 13.1 Å². The Kier molecular flexibility index (Phi) is 4.16. The molecule has 0 spiro atoms. The third-order valence-corrected chi connectivity index (χ3v) is 3.40. The normalized spacial score (nSPS) is 22.7. The van der Waals surface area contributed by atoms with Crippen molar-refractivity contribution in [2.45, 2.75) is 19.4 Å². The summed E-state index contributed by atoms with van der Waals surface area (Å²) in [6.07, 6.45) is 0.982. The second kappa shape index (κ2) is 5.84. The van der Waals surface area contributed by atoms with Crippen molar-refractivity contribution >= 4 is 11.9 Å². The zero-order chi connectivity index (χ0) is 13.7. The van der Waals surface area contributed by atoms with Crippen molar-refractivity contribution in [3.8, 4) is 0 Å². The summed E-state index contributed by atoms with van der Waals surface area (Å²) in [6.45, 7) is 0.978. The minimum atomic E-state index is -1.44. The second-order valence-electron chi connectivity index (χ2n) is 4.73. The molecule has 0 aromatic heterocycles. The molecule has 1 aliphatic heterocycles. The van der Waals surface area contributed by atoms with Crippen LogP contribution in [0.25, 0.3) is 0 Å². The van der Waals surface area contributed by atoms with Crippen molar-refractivity contribution in [1.82, 2.24) is 5.32 Å². The van der Waals surface area contributed by atoms with E-state index in [4.69, 9.17) is 4.74 Å². The molecular formula is C14H17NO4. The van der Waals surface area contributed by atoms with Gasteiger partial charge in [-0.15, -0.1) is 0 Å². The highest BCUT2D eigenvalue weighted by atomic mass is 16.5. The quantitative estimate of drug-likeness (QED) is 0.630. The lowest BCUT2D eigenvalue weighted by molar-refractivity contribution is -0.171. The maximum Gasteiger partial charge on any atom is 0.325 e. The summed E-state index contributed by atoms with van der Waals surface area (Å²) >= 11 is 0. The number of carboxylic acid groups (broad SMARTS) is 1. The number of hydrogen-bond donors (Lipinski definition) is 2. The van der Waals surface area contributed by atoms with Gasteiger partial charge in [-0.3, -0.25) is 9.59 Å². The van der Waals surface area contributed by atoms with Gasteiger partial charge < -0.3 is 15.2 Å². The molecule has 5 nitrogen and oxygen atoms in total. The molecule has 19 heavy (non-hydrogen) atoms. The number of aliphatic carboxylic acids is 1. The number of ether oxygens (including phenoxy) is 1. The number of esters is 1. The van der Waals surface area contributed by atoms with Crippen LogP contribution in [0.15, 0.2) is 30.3 Å². The number of carbonyl (C=O) groups excluding carboxylic acids is 1. The summed E-state index contributed by atoms with van der Waals surface area (Å²) in [7, 11) is 0. The molecule has 1 aliphatic rings. The third kappa shape index (κ3) is 2.93. The zero-order valence-corrected chi connectivity index (χ0v) is 10.6. The highest BCUT2D eigenvalue weighted by Gasteiger charge is 2.48. The van der Waals surface area contributed by atoms with Crippen LogP contribution in [0.2, 0.25) is 0 Å². The standard InChI is InChI=1S/C14H17NO4/c16-12(17)14(7-4-8-15-10-14)13(18)19-9-11-5-2-1-3-6-11/h1-3,5-6,15H,4,7-10H2,(H,16,17). The summed E-state index contributed by atoms with van der Waals surface area (Å²) in [5, 5.41) is 12.3. The van der Waals surface area contributed by atoms with Crippen molar-refractivity contribution in [1.29, 1.82) is 0 Å². The van der Waals surface area contributed by atoms with Crippen LogP contribution in [0.5, 0.6) is 0 Å². The lowest BCUT2D eigenvalue weighted by Gasteiger charge is -2.31. The van der Waals surface area contributed by atoms with Crippen LogP contribution in [-0.2, 0) is 20.9 Å². The zero-order valence-electron chi connectivity index (χ0n) is 10.6. The highest BCUT2D eigenvalue weighted by molar-refractivity contribution is 5.99. The average molecular weight is 263 g/mol. The number of hydrogen-bond acceptors (Lipinski definition) is 4. The van der Waals surface area contributed by atoms with Gasteiger partial charge in [-0.05, 0) is 24.9 Å². The maximum atomic E-state index is 12.1. The summed E-state index contributed by atoms with van der Waals surface area (Å²) in [6, 6.07) is 9.23. The van der Waals surface area contributed by atoms with Gasteiger partial charge in [0.1, 0.15) is 6.61 Å². The van der Waals surface area contributed by atoms with Crippen LogP contribution in [-0.4, -0.2) is 30.1 Å². The van der Waals surface area contributed by atoms with Crippen molar-refractivity contribution in [2.24, 2.45) is 5.41 Å². The van der Waals surface area contributed by atoms with Gasteiger partial charge in [-0.1, -0.05) is 30.3 Å². The minimum Gasteiger partial charge on any atom is -0.480 e. The lowest BCUT2D eigenvalue weighted by Crippen LogP contribution is -2.51. The van der Waals surface area contributed by atoms with Crippen LogP contribution in [0.3, 0.4) is 0 Å². The van der Waals surface area contributed by atoms with Gasteiger partial charge in [0.15, 0.2) is 5.41 Å². The molecule has 1 atom stereocenters. The van der Waals surface area contributed by atoms with Gasteiger partial charge in [-0.2, -0.15) is 0 Å². The van der Waals surface area contributed by atoms with Crippen LogP contribution >= 0.6 is 0 Å². The number of carbonyl (C=O) groups is 2. The molecule has 0 radical (unpaired) electrons. The Bertz CT molecular complexity index is 452. The van der Waals surface area contributed by atoms with E-state index < -0.39 is 17.4 Å². The Hall–Kier alpha value is -1.88. The van der Waals surface area contributed by atoms with Crippen molar-refractivity contribution in [3.05, 3.63) is 35.9 Å². The first kappa shape index (κ1) is 13.5. The molecule has 0 saturated carbocycles. The van der Waals surface area contributed by atoms with Gasteiger partial charge >= 0.3 is 11.9 Å². The second-order valence-corrected chi connectivity index (χ2v) is 4.73. The molecule has 1 aromatic rings. The van der Waals surface area contributed by atoms with E-state index in [1.54, 1.807) is 0 Å². The van der Waals surface area contributed by atoms with Gasteiger partial charge in [0.25, 0.3) is 0 Å². The number of piperidine rings is 1. The van der Waals surface area contributed by atoms with Gasteiger partial charge in [0.2, 0.25) is 0 Å². The van der Waals surface area contributed by atoms with E-state index in [-0.39, 0.29) is 13.2 Å². The molecule has 1 saturated heterocycles. The van der Waals surface area contributed by atoms with E-state index in [2.05, 4.69) is 5.32 Å². The summed E-state index contributed by atoms with van der Waals surface area (Å²) in [5.74, 6) is -1.77. The van der Waals surface area contributed by atoms with Crippen LogP contribution in [0, 0.1) is 5.41 Å². The van der Waals surface area contributed by atoms with Crippen LogP contribution in [0.1, 0.15) is 18.4 Å². The van der Waals surface area contributed by atoms with Gasteiger partial charge in [0, 0.05) is 6.54 Å². The number of carboxylic acids is 1. The molecule has 2 rings (SSSR count). The molecule has 2 N–H and O–H groups in total. The first-order chi connectivity index (χ1) is 9.15. The van der Waals surface area contributed by atoms with E-state index in [0.29, 0.717) is 12.8 Å². The SMILES string of the molecule is O=C(O)C1(C(=O)OCc2ccccc2)CCCNC1. The fourth-order valence-corrected chi connectivity index (χ4v) is 2.21. The average Bonchev–Trinajstić information content (AvgIpc) is 2.46. The topological polar surface area (TPSA) is 75.6 Å². The monoisotopic (exact) mass is 263 g/mol. The van der Waals surface area contributed by atoms with E-state index in [1.807, 2.05) is 30.3 Å². The summed E-state index contributed by atoms with van der Waals surface area (Å²) in [4.78, 5) is 23.5. The molecule has 1 heterocycles. The van der Waals surface area contributed by atoms with E-state index in [9.17, 15) is 14.7 Å². The lowest BCUT2D eigenvalue weighted by atomic mass is 9.81. The van der Waals surface area contributed by atoms with Crippen LogP contribution < -0.4 is 5.32 Å². The van der Waals surface area contributed by atoms with E-state index in [0.717, 1.165) is 12.1 Å². The first-order valence-electron chi connectivity index (χ1n) is 6.30. The highest BCUT2D eigenvalue weighted by Crippen LogP contribution is 2.28. The van der Waals surface area contributed by atoms with Crippen LogP contribution in [0.4, 0.5) is 0 Å². The number of nitrogens with one attached hydrogen (secondary N) is 1.